The van der Waals surface area contributed by atoms with E-state index in [0.717, 1.165) is 56.7 Å². The second kappa shape index (κ2) is 7.05. The van der Waals surface area contributed by atoms with Crippen molar-refractivity contribution in [2.75, 3.05) is 26.2 Å². The van der Waals surface area contributed by atoms with Crippen LogP contribution in [0.25, 0.3) is 5.65 Å². The van der Waals surface area contributed by atoms with Gasteiger partial charge in [-0.2, -0.15) is 4.31 Å². The zero-order chi connectivity index (χ0) is 17.3. The zero-order valence-electron chi connectivity index (χ0n) is 14.5. The van der Waals surface area contributed by atoms with Crippen molar-refractivity contribution >= 4 is 15.7 Å². The van der Waals surface area contributed by atoms with Crippen molar-refractivity contribution in [3.8, 4) is 0 Å². The number of piperazine rings is 1. The van der Waals surface area contributed by atoms with Crippen molar-refractivity contribution in [2.45, 2.75) is 43.9 Å². The summed E-state index contributed by atoms with van der Waals surface area (Å²) in [5.74, 6) is 0. The summed E-state index contributed by atoms with van der Waals surface area (Å²) in [6, 6.07) is 5.99. The van der Waals surface area contributed by atoms with E-state index in [9.17, 15) is 8.42 Å². The van der Waals surface area contributed by atoms with E-state index in [1.54, 1.807) is 4.31 Å². The number of hydrogen-bond acceptors (Lipinski definition) is 4. The molecule has 1 aliphatic heterocycles. The van der Waals surface area contributed by atoms with Crippen molar-refractivity contribution in [3.63, 3.8) is 0 Å². The molecule has 2 aromatic heterocycles. The lowest BCUT2D eigenvalue weighted by Crippen LogP contribution is -2.51. The Hall–Kier alpha value is -1.44. The van der Waals surface area contributed by atoms with Crippen molar-refractivity contribution in [1.82, 2.24) is 18.6 Å². The van der Waals surface area contributed by atoms with E-state index in [4.69, 9.17) is 0 Å². The Balaban J connectivity index is 1.38. The van der Waals surface area contributed by atoms with Crippen LogP contribution in [0, 0.1) is 0 Å². The van der Waals surface area contributed by atoms with Crippen LogP contribution < -0.4 is 0 Å². The van der Waals surface area contributed by atoms with Crippen molar-refractivity contribution < 1.29 is 8.42 Å². The lowest BCUT2D eigenvalue weighted by molar-refractivity contribution is 0.178. The molecule has 2 fully saturated rings. The quantitative estimate of drug-likeness (QED) is 0.836. The summed E-state index contributed by atoms with van der Waals surface area (Å²) < 4.78 is 29.5. The van der Waals surface area contributed by atoms with Crippen LogP contribution in [0.3, 0.4) is 0 Å². The predicted octanol–water partition coefficient (Wildman–Crippen LogP) is 2.11. The molecule has 0 amide bonds. The number of fused-ring (bicyclic) bond motifs is 1. The molecule has 1 aliphatic carbocycles. The minimum atomic E-state index is -3.12. The van der Waals surface area contributed by atoms with E-state index in [2.05, 4.69) is 14.3 Å². The van der Waals surface area contributed by atoms with Crippen LogP contribution in [-0.4, -0.2) is 58.4 Å². The lowest BCUT2D eigenvalue weighted by atomic mass is 10.0. The molecule has 2 aromatic rings. The van der Waals surface area contributed by atoms with Crippen LogP contribution in [0.1, 0.15) is 37.8 Å². The Morgan fingerprint density at radius 1 is 1.04 bits per heavy atom. The normalized spacial score (nSPS) is 21.8. The van der Waals surface area contributed by atoms with Gasteiger partial charge in [0.15, 0.2) is 0 Å². The monoisotopic (exact) mass is 362 g/mol. The van der Waals surface area contributed by atoms with Crippen molar-refractivity contribution in [2.24, 2.45) is 0 Å². The molecule has 6 nitrogen and oxygen atoms in total. The summed E-state index contributed by atoms with van der Waals surface area (Å²) in [6.45, 7) is 3.59. The van der Waals surface area contributed by atoms with Gasteiger partial charge in [-0.25, -0.2) is 13.4 Å². The van der Waals surface area contributed by atoms with E-state index >= 15 is 0 Å². The van der Waals surface area contributed by atoms with E-state index in [1.165, 1.54) is 6.42 Å². The van der Waals surface area contributed by atoms with Crippen molar-refractivity contribution in [1.29, 1.82) is 0 Å². The predicted molar refractivity (Wildman–Crippen MR) is 97.8 cm³/mol. The van der Waals surface area contributed by atoms with Crippen molar-refractivity contribution in [3.05, 3.63) is 36.3 Å². The average molecular weight is 362 g/mol. The molecule has 25 heavy (non-hydrogen) atoms. The Morgan fingerprint density at radius 2 is 1.80 bits per heavy atom. The smallest absolute Gasteiger partial charge is 0.217 e. The molecule has 0 aromatic carbocycles. The highest BCUT2D eigenvalue weighted by molar-refractivity contribution is 7.89. The van der Waals surface area contributed by atoms with Gasteiger partial charge in [0.25, 0.3) is 0 Å². The number of rotatable bonds is 4. The molecule has 0 bridgehead atoms. The maximum atomic E-state index is 12.8. The molecule has 2 aliphatic rings. The maximum Gasteiger partial charge on any atom is 0.217 e. The molecule has 1 saturated heterocycles. The second-order valence-electron chi connectivity index (χ2n) is 7.16. The highest BCUT2D eigenvalue weighted by Gasteiger charge is 2.34. The Kier molecular flexibility index (Phi) is 4.80. The number of imidazole rings is 1. The van der Waals surface area contributed by atoms with Crippen LogP contribution in [0.15, 0.2) is 30.6 Å². The fourth-order valence-corrected chi connectivity index (χ4v) is 6.07. The fraction of sp³-hybridized carbons (Fsp3) is 0.611. The Labute approximate surface area is 149 Å². The molecule has 0 N–H and O–H groups in total. The van der Waals surface area contributed by atoms with Gasteiger partial charge in [0.05, 0.1) is 17.1 Å². The summed E-state index contributed by atoms with van der Waals surface area (Å²) in [6.07, 6.45) is 8.91. The SMILES string of the molecule is O=S(=O)(C1CCCCC1)N1CCN(Cc2cnc3ccccn23)CC1. The molecular formula is C18H26N4O2S. The number of nitrogens with zero attached hydrogens (tertiary/aromatic N) is 4. The van der Waals surface area contributed by atoms with Gasteiger partial charge in [0.2, 0.25) is 10.0 Å². The van der Waals surface area contributed by atoms with Gasteiger partial charge in [-0.3, -0.25) is 4.90 Å². The largest absolute Gasteiger partial charge is 0.303 e. The fourth-order valence-electron chi connectivity index (χ4n) is 4.05. The molecule has 0 radical (unpaired) electrons. The minimum absolute atomic E-state index is 0.147. The second-order valence-corrected chi connectivity index (χ2v) is 9.37. The van der Waals surface area contributed by atoms with Crippen LogP contribution >= 0.6 is 0 Å². The van der Waals surface area contributed by atoms with Crippen LogP contribution in [-0.2, 0) is 16.6 Å². The molecule has 1 saturated carbocycles. The third-order valence-corrected chi connectivity index (χ3v) is 7.94. The summed E-state index contributed by atoms with van der Waals surface area (Å²) in [5, 5.41) is -0.147. The van der Waals surface area contributed by atoms with Gasteiger partial charge in [0, 0.05) is 38.9 Å². The first kappa shape index (κ1) is 17.0. The molecule has 0 atom stereocenters. The molecule has 3 heterocycles. The molecule has 4 rings (SSSR count). The average Bonchev–Trinajstić information content (AvgIpc) is 3.06. The third-order valence-electron chi connectivity index (χ3n) is 5.54. The lowest BCUT2D eigenvalue weighted by Gasteiger charge is -2.36. The minimum Gasteiger partial charge on any atom is -0.303 e. The van der Waals surface area contributed by atoms with Crippen LogP contribution in [0.4, 0.5) is 0 Å². The first-order chi connectivity index (χ1) is 12.1. The summed E-state index contributed by atoms with van der Waals surface area (Å²) in [4.78, 5) is 6.75. The Morgan fingerprint density at radius 3 is 2.56 bits per heavy atom. The van der Waals surface area contributed by atoms with Gasteiger partial charge in [-0.05, 0) is 25.0 Å². The van der Waals surface area contributed by atoms with E-state index in [0.29, 0.717) is 13.1 Å². The highest BCUT2D eigenvalue weighted by Crippen LogP contribution is 2.26. The maximum absolute atomic E-state index is 12.8. The van der Waals surface area contributed by atoms with Gasteiger partial charge in [-0.1, -0.05) is 25.3 Å². The summed E-state index contributed by atoms with van der Waals surface area (Å²) in [5.41, 5.74) is 2.11. The van der Waals surface area contributed by atoms with Crippen LogP contribution in [0.2, 0.25) is 0 Å². The third kappa shape index (κ3) is 3.45. The molecule has 7 heteroatoms. The highest BCUT2D eigenvalue weighted by atomic mass is 32.2. The first-order valence-electron chi connectivity index (χ1n) is 9.27. The van der Waals surface area contributed by atoms with Gasteiger partial charge < -0.3 is 4.40 Å². The summed E-state index contributed by atoms with van der Waals surface area (Å²) >= 11 is 0. The number of hydrogen-bond donors (Lipinski definition) is 0. The van der Waals surface area contributed by atoms with Crippen LogP contribution in [0.5, 0.6) is 0 Å². The van der Waals surface area contributed by atoms with Gasteiger partial charge in [0.1, 0.15) is 5.65 Å². The number of aromatic nitrogens is 2. The standard InChI is InChI=1S/C18H26N4O2S/c23-25(24,17-6-2-1-3-7-17)21-12-10-20(11-13-21)15-16-14-19-18-8-4-5-9-22(16)18/h4-5,8-9,14,17H,1-3,6-7,10-13,15H2. The molecule has 136 valence electrons. The van der Waals surface area contributed by atoms with Gasteiger partial charge >= 0.3 is 0 Å². The topological polar surface area (TPSA) is 57.9 Å². The molecular weight excluding hydrogens is 336 g/mol. The first-order valence-corrected chi connectivity index (χ1v) is 10.8. The molecule has 0 unspecified atom stereocenters. The number of pyridine rings is 1. The van der Waals surface area contributed by atoms with Gasteiger partial charge in [-0.15, -0.1) is 0 Å². The van der Waals surface area contributed by atoms with E-state index in [-0.39, 0.29) is 5.25 Å². The summed E-state index contributed by atoms with van der Waals surface area (Å²) in [7, 11) is -3.12. The zero-order valence-corrected chi connectivity index (χ0v) is 15.4. The number of sulfonamides is 1. The van der Waals surface area contributed by atoms with E-state index < -0.39 is 10.0 Å². The Bertz CT molecular complexity index is 818. The molecule has 0 spiro atoms. The van der Waals surface area contributed by atoms with E-state index in [1.807, 2.05) is 30.6 Å².